The van der Waals surface area contributed by atoms with Crippen LogP contribution < -0.4 is 10.6 Å². The number of likely N-dealkylation sites (tertiary alicyclic amines) is 1. The number of hydrogen-bond acceptors (Lipinski definition) is 4. The van der Waals surface area contributed by atoms with E-state index in [1.807, 2.05) is 6.92 Å². The maximum Gasteiger partial charge on any atom is 0.191 e. The lowest BCUT2D eigenvalue weighted by Gasteiger charge is -2.32. The number of sulfone groups is 1. The van der Waals surface area contributed by atoms with Crippen molar-refractivity contribution < 1.29 is 8.42 Å². The van der Waals surface area contributed by atoms with Gasteiger partial charge in [-0.3, -0.25) is 4.99 Å². The maximum absolute atomic E-state index is 11.3. The van der Waals surface area contributed by atoms with Gasteiger partial charge in [-0.05, 0) is 76.6 Å². The minimum Gasteiger partial charge on any atom is -0.356 e. The van der Waals surface area contributed by atoms with Gasteiger partial charge in [0.05, 0.1) is 5.75 Å². The van der Waals surface area contributed by atoms with Crippen LogP contribution in [0.15, 0.2) is 35.3 Å². The summed E-state index contributed by atoms with van der Waals surface area (Å²) in [7, 11) is -1.17. The molecule has 2 N–H and O–H groups in total. The number of benzene rings is 1. The Labute approximate surface area is 183 Å². The number of guanidine groups is 1. The van der Waals surface area contributed by atoms with E-state index in [-0.39, 0.29) is 11.8 Å². The first-order valence-corrected chi connectivity index (χ1v) is 13.3. The third-order valence-electron chi connectivity index (χ3n) is 5.80. The summed E-state index contributed by atoms with van der Waals surface area (Å²) < 4.78 is 22.6. The van der Waals surface area contributed by atoms with Crippen LogP contribution in [0.3, 0.4) is 0 Å². The number of unbranched alkanes of at least 4 members (excludes halogenated alkanes) is 1. The summed E-state index contributed by atoms with van der Waals surface area (Å²) in [6.07, 6.45) is 7.95. The summed E-state index contributed by atoms with van der Waals surface area (Å²) in [5.74, 6) is 1.77. The predicted molar refractivity (Wildman–Crippen MR) is 127 cm³/mol. The van der Waals surface area contributed by atoms with Crippen molar-refractivity contribution in [1.82, 2.24) is 15.5 Å². The van der Waals surface area contributed by atoms with Gasteiger partial charge >= 0.3 is 0 Å². The highest BCUT2D eigenvalue weighted by molar-refractivity contribution is 7.90. The standard InChI is InChI=1S/C23H40N4O2S/c1-20(13-18-30(3,28)29)26-23(24-2)25-14-7-8-15-27-16-11-22(12-17-27)19-21-9-5-4-6-10-21/h4-6,9-10,20,22H,7-8,11-19H2,1-3H3,(H2,24,25,26). The zero-order valence-electron chi connectivity index (χ0n) is 18.9. The van der Waals surface area contributed by atoms with Gasteiger partial charge in [0.25, 0.3) is 0 Å². The Kier molecular flexibility index (Phi) is 10.6. The number of piperidine rings is 1. The Morgan fingerprint density at radius 3 is 2.53 bits per heavy atom. The molecule has 1 aliphatic rings. The molecule has 0 radical (unpaired) electrons. The molecule has 2 rings (SSSR count). The van der Waals surface area contributed by atoms with Gasteiger partial charge in [0.15, 0.2) is 5.96 Å². The Bertz CT molecular complexity index is 729. The lowest BCUT2D eigenvalue weighted by atomic mass is 9.90. The maximum atomic E-state index is 11.3. The molecule has 30 heavy (non-hydrogen) atoms. The van der Waals surface area contributed by atoms with E-state index in [0.29, 0.717) is 6.42 Å². The molecule has 170 valence electrons. The first-order valence-electron chi connectivity index (χ1n) is 11.3. The van der Waals surface area contributed by atoms with Crippen molar-refractivity contribution in [3.8, 4) is 0 Å². The predicted octanol–water partition coefficient (Wildman–Crippen LogP) is 2.71. The van der Waals surface area contributed by atoms with Gasteiger partial charge in [0.2, 0.25) is 0 Å². The second-order valence-corrected chi connectivity index (χ2v) is 10.9. The highest BCUT2D eigenvalue weighted by Gasteiger charge is 2.19. The van der Waals surface area contributed by atoms with Crippen LogP contribution in [0.5, 0.6) is 0 Å². The Balaban J connectivity index is 1.54. The third-order valence-corrected chi connectivity index (χ3v) is 6.77. The van der Waals surface area contributed by atoms with E-state index in [4.69, 9.17) is 0 Å². The van der Waals surface area contributed by atoms with Crippen LogP contribution in [0.2, 0.25) is 0 Å². The average molecular weight is 437 g/mol. The SMILES string of the molecule is CN=C(NCCCCN1CCC(Cc2ccccc2)CC1)NC(C)CCS(C)(=O)=O. The molecular formula is C23H40N4O2S. The smallest absolute Gasteiger partial charge is 0.191 e. The van der Waals surface area contributed by atoms with E-state index in [0.717, 1.165) is 31.4 Å². The zero-order chi connectivity index (χ0) is 21.8. The van der Waals surface area contributed by atoms with E-state index in [1.165, 1.54) is 50.6 Å². The molecule has 0 aliphatic carbocycles. The summed E-state index contributed by atoms with van der Waals surface area (Å²) in [6.45, 7) is 6.46. The largest absolute Gasteiger partial charge is 0.356 e. The van der Waals surface area contributed by atoms with Gasteiger partial charge in [0.1, 0.15) is 9.84 Å². The topological polar surface area (TPSA) is 73.8 Å². The number of nitrogens with zero attached hydrogens (tertiary/aromatic N) is 2. The second-order valence-electron chi connectivity index (χ2n) is 8.64. The van der Waals surface area contributed by atoms with Gasteiger partial charge in [0, 0.05) is 25.9 Å². The van der Waals surface area contributed by atoms with E-state index in [9.17, 15) is 8.42 Å². The van der Waals surface area contributed by atoms with Crippen molar-refractivity contribution in [1.29, 1.82) is 0 Å². The quantitative estimate of drug-likeness (QED) is 0.317. The summed E-state index contributed by atoms with van der Waals surface area (Å²) in [5, 5.41) is 6.61. The molecular weight excluding hydrogens is 396 g/mol. The van der Waals surface area contributed by atoms with Crippen LogP contribution in [0.1, 0.15) is 44.6 Å². The molecule has 1 aromatic rings. The molecule has 0 saturated carbocycles. The monoisotopic (exact) mass is 436 g/mol. The summed E-state index contributed by atoms with van der Waals surface area (Å²) in [5.41, 5.74) is 1.47. The molecule has 7 heteroatoms. The molecule has 0 bridgehead atoms. The normalized spacial score (nSPS) is 17.6. The number of aliphatic imine (C=N–C) groups is 1. The van der Waals surface area contributed by atoms with E-state index >= 15 is 0 Å². The molecule has 1 aromatic carbocycles. The average Bonchev–Trinajstić information content (AvgIpc) is 2.72. The van der Waals surface area contributed by atoms with Gasteiger partial charge in [-0.15, -0.1) is 0 Å². The number of nitrogens with one attached hydrogen (secondary N) is 2. The van der Waals surface area contributed by atoms with E-state index < -0.39 is 9.84 Å². The minimum absolute atomic E-state index is 0.0723. The molecule has 1 unspecified atom stereocenters. The molecule has 1 fully saturated rings. The van der Waals surface area contributed by atoms with Gasteiger partial charge in [-0.2, -0.15) is 0 Å². The fourth-order valence-electron chi connectivity index (χ4n) is 3.92. The van der Waals surface area contributed by atoms with Gasteiger partial charge < -0.3 is 15.5 Å². The first-order chi connectivity index (χ1) is 14.4. The molecule has 1 atom stereocenters. The number of rotatable bonds is 11. The zero-order valence-corrected chi connectivity index (χ0v) is 19.8. The van der Waals surface area contributed by atoms with Crippen molar-refractivity contribution in [3.63, 3.8) is 0 Å². The van der Waals surface area contributed by atoms with Crippen molar-refractivity contribution in [2.45, 2.75) is 51.5 Å². The molecule has 0 amide bonds. The Morgan fingerprint density at radius 2 is 1.90 bits per heavy atom. The lowest BCUT2D eigenvalue weighted by Crippen LogP contribution is -2.43. The van der Waals surface area contributed by atoms with Crippen LogP contribution in [0.25, 0.3) is 0 Å². The third kappa shape index (κ3) is 10.4. The fourth-order valence-corrected chi connectivity index (χ4v) is 4.70. The van der Waals surface area contributed by atoms with Crippen molar-refractivity contribution in [3.05, 3.63) is 35.9 Å². The molecule has 1 heterocycles. The van der Waals surface area contributed by atoms with Crippen LogP contribution >= 0.6 is 0 Å². The van der Waals surface area contributed by atoms with Crippen molar-refractivity contribution >= 4 is 15.8 Å². The van der Waals surface area contributed by atoms with E-state index in [2.05, 4.69) is 50.9 Å². The lowest BCUT2D eigenvalue weighted by molar-refractivity contribution is 0.181. The molecule has 1 saturated heterocycles. The molecule has 1 aliphatic heterocycles. The van der Waals surface area contributed by atoms with Crippen LogP contribution in [-0.4, -0.2) is 70.6 Å². The fraction of sp³-hybridized carbons (Fsp3) is 0.696. The van der Waals surface area contributed by atoms with Crippen LogP contribution in [0, 0.1) is 5.92 Å². The van der Waals surface area contributed by atoms with Crippen molar-refractivity contribution in [2.75, 3.05) is 45.2 Å². The van der Waals surface area contributed by atoms with E-state index in [1.54, 1.807) is 7.05 Å². The van der Waals surface area contributed by atoms with Gasteiger partial charge in [-0.1, -0.05) is 30.3 Å². The first kappa shape index (κ1) is 24.7. The highest BCUT2D eigenvalue weighted by atomic mass is 32.2. The summed E-state index contributed by atoms with van der Waals surface area (Å²) in [6, 6.07) is 10.9. The van der Waals surface area contributed by atoms with Gasteiger partial charge in [-0.25, -0.2) is 8.42 Å². The number of hydrogen-bond donors (Lipinski definition) is 2. The van der Waals surface area contributed by atoms with Crippen LogP contribution in [0.4, 0.5) is 0 Å². The highest BCUT2D eigenvalue weighted by Crippen LogP contribution is 2.21. The Morgan fingerprint density at radius 1 is 1.20 bits per heavy atom. The second kappa shape index (κ2) is 13.0. The van der Waals surface area contributed by atoms with Crippen molar-refractivity contribution in [2.24, 2.45) is 10.9 Å². The molecule has 0 aromatic heterocycles. The molecule has 0 spiro atoms. The minimum atomic E-state index is -2.92. The summed E-state index contributed by atoms with van der Waals surface area (Å²) >= 11 is 0. The van der Waals surface area contributed by atoms with Crippen LogP contribution in [-0.2, 0) is 16.3 Å². The molecule has 6 nitrogen and oxygen atoms in total. The Hall–Kier alpha value is -1.60. The summed E-state index contributed by atoms with van der Waals surface area (Å²) in [4.78, 5) is 6.84.